The SMILES string of the molecule is CCN1/C(=C\C2C(=O)/C(=C\c3sc4ccccc4[n+]3CC)C2=NCCCNC(=O)OC(C)(C)C)Sc2ccccc21. The van der Waals surface area contributed by atoms with Crippen LogP contribution in [0.5, 0.6) is 0 Å². The van der Waals surface area contributed by atoms with E-state index in [1.165, 1.54) is 20.8 Å². The lowest BCUT2D eigenvalue weighted by molar-refractivity contribution is -0.665. The molecule has 1 unspecified atom stereocenters. The van der Waals surface area contributed by atoms with E-state index in [9.17, 15) is 9.59 Å². The third kappa shape index (κ3) is 6.26. The Hall–Kier alpha value is -3.43. The van der Waals surface area contributed by atoms with Gasteiger partial charge in [0.15, 0.2) is 5.78 Å². The van der Waals surface area contributed by atoms with Crippen molar-refractivity contribution in [2.75, 3.05) is 24.5 Å². The van der Waals surface area contributed by atoms with Gasteiger partial charge in [-0.25, -0.2) is 4.79 Å². The molecule has 0 radical (unpaired) electrons. The van der Waals surface area contributed by atoms with Crippen LogP contribution in [0.3, 0.4) is 0 Å². The topological polar surface area (TPSA) is 74.9 Å². The second-order valence-electron chi connectivity index (χ2n) is 10.9. The summed E-state index contributed by atoms with van der Waals surface area (Å²) in [6.07, 6.45) is 4.30. The van der Waals surface area contributed by atoms with Gasteiger partial charge in [0, 0.05) is 42.2 Å². The quantitative estimate of drug-likeness (QED) is 0.182. The Bertz CT molecular complexity index is 1560. The Kier molecular flexibility index (Phi) is 8.66. The van der Waals surface area contributed by atoms with Crippen LogP contribution in [0.4, 0.5) is 10.5 Å². The van der Waals surface area contributed by atoms with Crippen LogP contribution in [0, 0.1) is 5.92 Å². The minimum atomic E-state index is -0.538. The maximum Gasteiger partial charge on any atom is 0.407 e. The van der Waals surface area contributed by atoms with Crippen LogP contribution < -0.4 is 14.8 Å². The lowest BCUT2D eigenvalue weighted by Gasteiger charge is -2.29. The molecule has 2 aliphatic rings. The number of carbonyl (C=O) groups excluding carboxylic acids is 2. The molecule has 1 fully saturated rings. The number of carbonyl (C=O) groups is 2. The first-order valence-corrected chi connectivity index (χ1v) is 15.8. The molecule has 0 saturated heterocycles. The van der Waals surface area contributed by atoms with Gasteiger partial charge in [-0.15, -0.1) is 0 Å². The number of amides is 1. The van der Waals surface area contributed by atoms with Crippen LogP contribution in [-0.2, 0) is 16.1 Å². The Morgan fingerprint density at radius 2 is 1.90 bits per heavy atom. The molecule has 1 amide bonds. The molecule has 1 atom stereocenters. The summed E-state index contributed by atoms with van der Waals surface area (Å²) in [5.41, 5.74) is 3.29. The van der Waals surface area contributed by atoms with E-state index in [4.69, 9.17) is 9.73 Å². The first-order chi connectivity index (χ1) is 19.7. The number of fused-ring (bicyclic) bond motifs is 2. The van der Waals surface area contributed by atoms with Gasteiger partial charge >= 0.3 is 6.09 Å². The molecule has 1 aromatic heterocycles. The maximum absolute atomic E-state index is 13.7. The predicted molar refractivity (Wildman–Crippen MR) is 169 cm³/mol. The molecule has 2 heterocycles. The summed E-state index contributed by atoms with van der Waals surface area (Å²) < 4.78 is 8.76. The fourth-order valence-corrected chi connectivity index (χ4v) is 7.40. The van der Waals surface area contributed by atoms with E-state index in [2.05, 4.69) is 59.0 Å². The van der Waals surface area contributed by atoms with Crippen molar-refractivity contribution in [1.82, 2.24) is 5.32 Å². The number of thiazole rings is 1. The Morgan fingerprint density at radius 1 is 1.15 bits per heavy atom. The number of ether oxygens (including phenoxy) is 1. The summed E-state index contributed by atoms with van der Waals surface area (Å²) in [7, 11) is 0. The molecule has 1 N–H and O–H groups in total. The van der Waals surface area contributed by atoms with Crippen LogP contribution >= 0.6 is 23.1 Å². The van der Waals surface area contributed by atoms with Crippen molar-refractivity contribution in [2.45, 2.75) is 58.1 Å². The Balaban J connectivity index is 1.40. The van der Waals surface area contributed by atoms with E-state index in [0.717, 1.165) is 28.8 Å². The second-order valence-corrected chi connectivity index (χ2v) is 13.0. The summed E-state index contributed by atoms with van der Waals surface area (Å²) in [4.78, 5) is 34.1. The van der Waals surface area contributed by atoms with E-state index in [0.29, 0.717) is 25.1 Å². The normalized spacial score (nSPS) is 19.7. The van der Waals surface area contributed by atoms with Crippen LogP contribution in [0.1, 0.15) is 46.0 Å². The van der Waals surface area contributed by atoms with E-state index in [-0.39, 0.29) is 5.78 Å². The molecule has 3 aromatic rings. The van der Waals surface area contributed by atoms with Crippen molar-refractivity contribution in [3.05, 3.63) is 70.2 Å². The summed E-state index contributed by atoms with van der Waals surface area (Å²) in [5, 5.41) is 4.90. The number of aliphatic imine (C=N–C) groups is 1. The Morgan fingerprint density at radius 3 is 2.66 bits per heavy atom. The van der Waals surface area contributed by atoms with Gasteiger partial charge in [-0.1, -0.05) is 47.4 Å². The van der Waals surface area contributed by atoms with Gasteiger partial charge in [-0.2, -0.15) is 4.57 Å². The molecule has 5 rings (SSSR count). The highest BCUT2D eigenvalue weighted by atomic mass is 32.2. The average molecular weight is 590 g/mol. The third-order valence-electron chi connectivity index (χ3n) is 6.89. The highest BCUT2D eigenvalue weighted by Gasteiger charge is 2.42. The number of allylic oxidation sites excluding steroid dienone is 2. The number of nitrogens with zero attached hydrogens (tertiary/aromatic N) is 3. The fraction of sp³-hybridized carbons (Fsp3) is 0.375. The number of alkyl carbamates (subject to hydrolysis) is 1. The molecule has 214 valence electrons. The predicted octanol–water partition coefficient (Wildman–Crippen LogP) is 6.62. The minimum absolute atomic E-state index is 0.0934. The van der Waals surface area contributed by atoms with Crippen molar-refractivity contribution >= 4 is 62.7 Å². The minimum Gasteiger partial charge on any atom is -0.444 e. The molecule has 1 aliphatic heterocycles. The summed E-state index contributed by atoms with van der Waals surface area (Å²) in [5.74, 6) is -0.300. The third-order valence-corrected chi connectivity index (χ3v) is 9.13. The van der Waals surface area contributed by atoms with Crippen LogP contribution in [0.2, 0.25) is 0 Å². The molecule has 7 nitrogen and oxygen atoms in total. The number of aromatic nitrogens is 1. The molecule has 2 aromatic carbocycles. The van der Waals surface area contributed by atoms with Crippen LogP contribution in [0.25, 0.3) is 16.3 Å². The van der Waals surface area contributed by atoms with Gasteiger partial charge < -0.3 is 15.0 Å². The number of para-hydroxylation sites is 2. The zero-order valence-corrected chi connectivity index (χ0v) is 25.9. The van der Waals surface area contributed by atoms with Gasteiger partial charge in [-0.3, -0.25) is 9.79 Å². The smallest absolute Gasteiger partial charge is 0.407 e. The molecule has 1 saturated carbocycles. The van der Waals surface area contributed by atoms with Gasteiger partial charge in [0.25, 0.3) is 5.01 Å². The summed E-state index contributed by atoms with van der Waals surface area (Å²) >= 11 is 3.39. The number of hydrogen-bond donors (Lipinski definition) is 1. The number of anilines is 1. The number of hydrogen-bond acceptors (Lipinski definition) is 7. The van der Waals surface area contributed by atoms with Gasteiger partial charge in [0.2, 0.25) is 5.52 Å². The number of ketones is 1. The standard InChI is InChI=1S/C32H36N4O3S2/c1-6-35-23-13-8-10-15-25(23)40-27(35)19-21-29(33-17-12-18-34-31(38)39-32(3,4)5)22(30(21)37)20-28-36(7-2)24-14-9-11-16-26(24)41-28/h8-11,13-16,19-21H,6-7,12,17-18H2,1-5H3/p+1/b22-20-,27-19+,33-29?. The number of aryl methyl sites for hydroxylation is 1. The van der Waals surface area contributed by atoms with Gasteiger partial charge in [-0.05, 0) is 65.3 Å². The zero-order valence-electron chi connectivity index (χ0n) is 24.3. The first kappa shape index (κ1) is 29.1. The number of benzene rings is 2. The van der Waals surface area contributed by atoms with Crippen molar-refractivity contribution in [2.24, 2.45) is 10.9 Å². The first-order valence-electron chi connectivity index (χ1n) is 14.1. The molecule has 0 bridgehead atoms. The van der Waals surface area contributed by atoms with Crippen LogP contribution in [0.15, 0.2) is 75.1 Å². The molecule has 9 heteroatoms. The van der Waals surface area contributed by atoms with Crippen molar-refractivity contribution in [3.63, 3.8) is 0 Å². The molecular weight excluding hydrogens is 553 g/mol. The van der Waals surface area contributed by atoms with Crippen molar-refractivity contribution in [1.29, 1.82) is 0 Å². The van der Waals surface area contributed by atoms with Crippen LogP contribution in [-0.4, -0.2) is 42.8 Å². The Labute approximate surface area is 250 Å². The number of thioether (sulfide) groups is 1. The lowest BCUT2D eigenvalue weighted by Crippen LogP contribution is -2.41. The number of nitrogens with one attached hydrogen (secondary N) is 1. The second kappa shape index (κ2) is 12.2. The highest BCUT2D eigenvalue weighted by Crippen LogP contribution is 2.47. The van der Waals surface area contributed by atoms with Crippen molar-refractivity contribution in [3.8, 4) is 0 Å². The average Bonchev–Trinajstić information content (AvgIpc) is 3.48. The lowest BCUT2D eigenvalue weighted by atomic mass is 9.75. The molecule has 0 spiro atoms. The molecule has 41 heavy (non-hydrogen) atoms. The zero-order chi connectivity index (χ0) is 29.1. The number of Topliss-reactive ketones (excluding diaryl/α,β-unsaturated/α-hetero) is 1. The number of rotatable bonds is 8. The van der Waals surface area contributed by atoms with E-state index in [1.54, 1.807) is 23.1 Å². The van der Waals surface area contributed by atoms with E-state index >= 15 is 0 Å². The summed E-state index contributed by atoms with van der Waals surface area (Å²) in [6.45, 7) is 12.4. The van der Waals surface area contributed by atoms with Gasteiger partial charge in [0.05, 0.1) is 22.3 Å². The molecular formula is C32H37N4O3S2+. The monoisotopic (exact) mass is 589 g/mol. The van der Waals surface area contributed by atoms with E-state index < -0.39 is 17.6 Å². The van der Waals surface area contributed by atoms with Gasteiger partial charge in [0.1, 0.15) is 16.8 Å². The fourth-order valence-electron chi connectivity index (χ4n) is 5.03. The molecule has 1 aliphatic carbocycles. The van der Waals surface area contributed by atoms with Crippen molar-refractivity contribution < 1.29 is 18.9 Å². The largest absolute Gasteiger partial charge is 0.444 e. The summed E-state index contributed by atoms with van der Waals surface area (Å²) in [6, 6.07) is 16.7. The highest BCUT2D eigenvalue weighted by molar-refractivity contribution is 8.03. The van der Waals surface area contributed by atoms with E-state index in [1.807, 2.05) is 51.1 Å². The maximum atomic E-state index is 13.7.